The molecule has 8 heteroatoms. The van der Waals surface area contributed by atoms with E-state index in [1.807, 2.05) is 18.2 Å². The number of nitrogens with one attached hydrogen (secondary N) is 1. The van der Waals surface area contributed by atoms with Gasteiger partial charge in [-0.2, -0.15) is 0 Å². The Hall–Kier alpha value is -1.67. The molecule has 0 aliphatic carbocycles. The van der Waals surface area contributed by atoms with Crippen LogP contribution in [0.25, 0.3) is 0 Å². The van der Waals surface area contributed by atoms with E-state index in [1.165, 1.54) is 0 Å². The monoisotopic (exact) mass is 379 g/mol. The van der Waals surface area contributed by atoms with Gasteiger partial charge in [-0.05, 0) is 11.6 Å². The molecule has 1 aromatic rings. The summed E-state index contributed by atoms with van der Waals surface area (Å²) in [7, 11) is 0. The minimum Gasteiger partial charge on any atom is -0.379 e. The van der Waals surface area contributed by atoms with Crippen LogP contribution in [0.5, 0.6) is 0 Å². The number of benzene rings is 1. The van der Waals surface area contributed by atoms with Crippen molar-refractivity contribution in [1.82, 2.24) is 15.1 Å². The summed E-state index contributed by atoms with van der Waals surface area (Å²) in [5.74, 6) is -0.340. The van der Waals surface area contributed by atoms with E-state index in [4.69, 9.17) is 21.1 Å². The first-order valence-corrected chi connectivity index (χ1v) is 9.27. The Balaban J connectivity index is 1.44. The minimum absolute atomic E-state index is 0.0978. The fourth-order valence-electron chi connectivity index (χ4n) is 3.72. The van der Waals surface area contributed by atoms with Crippen LogP contribution in [0.3, 0.4) is 0 Å². The normalized spacial score (nSPS) is 27.7. The van der Waals surface area contributed by atoms with Gasteiger partial charge in [0.05, 0.1) is 19.3 Å². The molecular weight excluding hydrogens is 358 g/mol. The van der Waals surface area contributed by atoms with Crippen molar-refractivity contribution in [3.8, 4) is 0 Å². The number of carbonyl (C=O) groups is 2. The van der Waals surface area contributed by atoms with Gasteiger partial charge in [-0.3, -0.25) is 14.5 Å². The maximum Gasteiger partial charge on any atom is 0.254 e. The molecule has 0 aromatic heterocycles. The SMILES string of the molecule is O=C1CO[C@H](C(=O)N2CC(N3CCOCC3)C2)[C@@H](c2ccccc2Cl)N1. The summed E-state index contributed by atoms with van der Waals surface area (Å²) < 4.78 is 11.0. The van der Waals surface area contributed by atoms with Gasteiger partial charge in [0, 0.05) is 37.2 Å². The van der Waals surface area contributed by atoms with E-state index in [9.17, 15) is 9.59 Å². The molecule has 3 heterocycles. The second-order valence-corrected chi connectivity index (χ2v) is 7.25. The molecule has 0 unspecified atom stereocenters. The number of hydrogen-bond acceptors (Lipinski definition) is 5. The highest BCUT2D eigenvalue weighted by Crippen LogP contribution is 2.30. The first kappa shape index (κ1) is 17.7. The standard InChI is InChI=1S/C18H22ClN3O4/c19-14-4-2-1-3-13(14)16-17(26-11-15(23)20-16)18(24)22-9-12(10-22)21-5-7-25-8-6-21/h1-4,12,16-17H,5-11H2,(H,20,23)/t16-,17+/m1/s1. The van der Waals surface area contributed by atoms with Crippen LogP contribution >= 0.6 is 11.6 Å². The molecule has 3 aliphatic rings. The largest absolute Gasteiger partial charge is 0.379 e. The number of likely N-dealkylation sites (tertiary alicyclic amines) is 1. The molecule has 1 N–H and O–H groups in total. The molecular formula is C18H22ClN3O4. The summed E-state index contributed by atoms with van der Waals surface area (Å²) in [5.41, 5.74) is 0.700. The van der Waals surface area contributed by atoms with Gasteiger partial charge in [0.1, 0.15) is 6.61 Å². The number of nitrogens with zero attached hydrogens (tertiary/aromatic N) is 2. The van der Waals surface area contributed by atoms with Crippen LogP contribution in [0.2, 0.25) is 5.02 Å². The van der Waals surface area contributed by atoms with Crippen molar-refractivity contribution >= 4 is 23.4 Å². The van der Waals surface area contributed by atoms with Crippen LogP contribution in [-0.4, -0.2) is 79.8 Å². The molecule has 1 aromatic carbocycles. The number of ether oxygens (including phenoxy) is 2. The Morgan fingerprint density at radius 3 is 2.65 bits per heavy atom. The Labute approximate surface area is 157 Å². The van der Waals surface area contributed by atoms with E-state index in [0.717, 1.165) is 26.3 Å². The van der Waals surface area contributed by atoms with Crippen molar-refractivity contribution in [1.29, 1.82) is 0 Å². The third kappa shape index (κ3) is 3.44. The zero-order valence-electron chi connectivity index (χ0n) is 14.4. The first-order chi connectivity index (χ1) is 12.6. The predicted molar refractivity (Wildman–Crippen MR) is 94.8 cm³/mol. The van der Waals surface area contributed by atoms with Gasteiger partial charge in [-0.1, -0.05) is 29.8 Å². The number of amides is 2. The molecule has 2 atom stereocenters. The zero-order chi connectivity index (χ0) is 18.1. The van der Waals surface area contributed by atoms with Gasteiger partial charge in [0.25, 0.3) is 5.91 Å². The topological polar surface area (TPSA) is 71.1 Å². The average Bonchev–Trinajstić information content (AvgIpc) is 2.61. The molecule has 2 amide bonds. The molecule has 0 spiro atoms. The van der Waals surface area contributed by atoms with E-state index >= 15 is 0 Å². The van der Waals surface area contributed by atoms with Crippen LogP contribution in [-0.2, 0) is 19.1 Å². The van der Waals surface area contributed by atoms with E-state index in [0.29, 0.717) is 29.7 Å². The number of halogens is 1. The molecule has 26 heavy (non-hydrogen) atoms. The fraction of sp³-hybridized carbons (Fsp3) is 0.556. The van der Waals surface area contributed by atoms with Gasteiger partial charge >= 0.3 is 0 Å². The second kappa shape index (κ2) is 7.52. The molecule has 4 rings (SSSR count). The average molecular weight is 380 g/mol. The molecule has 3 fully saturated rings. The number of carbonyl (C=O) groups excluding carboxylic acids is 2. The lowest BCUT2D eigenvalue weighted by Crippen LogP contribution is -2.65. The molecule has 140 valence electrons. The molecule has 0 saturated carbocycles. The second-order valence-electron chi connectivity index (χ2n) is 6.84. The van der Waals surface area contributed by atoms with Crippen molar-refractivity contribution in [2.24, 2.45) is 0 Å². The maximum absolute atomic E-state index is 13.0. The Morgan fingerprint density at radius 1 is 1.19 bits per heavy atom. The van der Waals surface area contributed by atoms with Crippen molar-refractivity contribution in [2.75, 3.05) is 46.0 Å². The Kier molecular flexibility index (Phi) is 5.13. The van der Waals surface area contributed by atoms with Gasteiger partial charge in [0.15, 0.2) is 6.10 Å². The summed E-state index contributed by atoms with van der Waals surface area (Å²) >= 11 is 6.28. The third-order valence-corrected chi connectivity index (χ3v) is 5.58. The zero-order valence-corrected chi connectivity index (χ0v) is 15.2. The molecule has 0 bridgehead atoms. The Morgan fingerprint density at radius 2 is 1.92 bits per heavy atom. The summed E-state index contributed by atoms with van der Waals surface area (Å²) in [6.45, 7) is 4.56. The lowest BCUT2D eigenvalue weighted by atomic mass is 9.96. The smallest absolute Gasteiger partial charge is 0.254 e. The highest BCUT2D eigenvalue weighted by Gasteiger charge is 2.43. The van der Waals surface area contributed by atoms with Crippen molar-refractivity contribution in [3.05, 3.63) is 34.9 Å². The van der Waals surface area contributed by atoms with Crippen LogP contribution in [0.1, 0.15) is 11.6 Å². The molecule has 3 saturated heterocycles. The highest BCUT2D eigenvalue weighted by molar-refractivity contribution is 6.31. The number of rotatable bonds is 3. The quantitative estimate of drug-likeness (QED) is 0.825. The van der Waals surface area contributed by atoms with E-state index < -0.39 is 12.1 Å². The van der Waals surface area contributed by atoms with Gasteiger partial charge < -0.3 is 19.7 Å². The maximum atomic E-state index is 13.0. The van der Waals surface area contributed by atoms with Crippen LogP contribution < -0.4 is 5.32 Å². The van der Waals surface area contributed by atoms with Crippen LogP contribution in [0.4, 0.5) is 0 Å². The van der Waals surface area contributed by atoms with E-state index in [2.05, 4.69) is 10.2 Å². The predicted octanol–water partition coefficient (Wildman–Crippen LogP) is 0.439. The minimum atomic E-state index is -0.752. The lowest BCUT2D eigenvalue weighted by molar-refractivity contribution is -0.161. The van der Waals surface area contributed by atoms with E-state index in [1.54, 1.807) is 11.0 Å². The molecule has 3 aliphatic heterocycles. The van der Waals surface area contributed by atoms with Gasteiger partial charge in [-0.15, -0.1) is 0 Å². The highest BCUT2D eigenvalue weighted by atomic mass is 35.5. The van der Waals surface area contributed by atoms with Crippen LogP contribution in [0, 0.1) is 0 Å². The first-order valence-electron chi connectivity index (χ1n) is 8.89. The van der Waals surface area contributed by atoms with Crippen molar-refractivity contribution in [3.63, 3.8) is 0 Å². The summed E-state index contributed by atoms with van der Waals surface area (Å²) in [4.78, 5) is 29.0. The fourth-order valence-corrected chi connectivity index (χ4v) is 3.98. The third-order valence-electron chi connectivity index (χ3n) is 5.23. The molecule has 0 radical (unpaired) electrons. The number of morpholine rings is 2. The Bertz CT molecular complexity index is 689. The van der Waals surface area contributed by atoms with Crippen LogP contribution in [0.15, 0.2) is 24.3 Å². The number of hydrogen-bond donors (Lipinski definition) is 1. The van der Waals surface area contributed by atoms with Crippen molar-refractivity contribution < 1.29 is 19.1 Å². The van der Waals surface area contributed by atoms with Gasteiger partial charge in [-0.25, -0.2) is 0 Å². The van der Waals surface area contributed by atoms with E-state index in [-0.39, 0.29) is 18.4 Å². The summed E-state index contributed by atoms with van der Waals surface area (Å²) in [6.07, 6.45) is -0.752. The molecule has 7 nitrogen and oxygen atoms in total. The lowest BCUT2D eigenvalue weighted by Gasteiger charge is -2.48. The van der Waals surface area contributed by atoms with Gasteiger partial charge in [0.2, 0.25) is 5.91 Å². The summed E-state index contributed by atoms with van der Waals surface area (Å²) in [5, 5.41) is 3.37. The summed E-state index contributed by atoms with van der Waals surface area (Å²) in [6, 6.07) is 7.02. The van der Waals surface area contributed by atoms with Crippen molar-refractivity contribution in [2.45, 2.75) is 18.2 Å².